The zero-order valence-electron chi connectivity index (χ0n) is 15.0. The van der Waals surface area contributed by atoms with Crippen molar-refractivity contribution in [2.45, 2.75) is 25.6 Å². The second-order valence-corrected chi connectivity index (χ2v) is 6.75. The molecule has 1 aliphatic rings. The number of hydrogen-bond donors (Lipinski definition) is 0. The Hall–Kier alpha value is -1.50. The minimum atomic E-state index is -0.277. The summed E-state index contributed by atoms with van der Waals surface area (Å²) in [7, 11) is 5.80. The number of carbonyl (C=O) groups is 1. The fraction of sp³-hybridized carbons (Fsp3) is 0.611. The smallest absolute Gasteiger partial charge is 0.239 e. The molecule has 1 aromatic rings. The first-order valence-corrected chi connectivity index (χ1v) is 8.36. The number of amides is 1. The van der Waals surface area contributed by atoms with Gasteiger partial charge in [0.25, 0.3) is 0 Å². The molecule has 2 atom stereocenters. The molecule has 134 valence electrons. The molecule has 5 nitrogen and oxygen atoms in total. The molecule has 0 N–H and O–H groups in total. The van der Waals surface area contributed by atoms with Crippen molar-refractivity contribution in [2.75, 3.05) is 47.4 Å². The maximum Gasteiger partial charge on any atom is 0.239 e. The summed E-state index contributed by atoms with van der Waals surface area (Å²) in [5, 5.41) is 0. The molecule has 0 spiro atoms. The Morgan fingerprint density at radius 3 is 2.83 bits per heavy atom. The van der Waals surface area contributed by atoms with Gasteiger partial charge in [-0.1, -0.05) is 12.1 Å². The predicted octanol–water partition coefficient (Wildman–Crippen LogP) is 1.44. The number of hydrogen-bond acceptors (Lipinski definition) is 4. The first kappa shape index (κ1) is 18.8. The van der Waals surface area contributed by atoms with E-state index in [1.165, 1.54) is 12.1 Å². The highest BCUT2D eigenvalue weighted by molar-refractivity contribution is 5.81. The van der Waals surface area contributed by atoms with Gasteiger partial charge < -0.3 is 14.5 Å². The number of rotatable bonds is 6. The first-order valence-electron chi connectivity index (χ1n) is 8.36. The lowest BCUT2D eigenvalue weighted by molar-refractivity contribution is -0.139. The van der Waals surface area contributed by atoms with E-state index in [0.717, 1.165) is 25.2 Å². The second-order valence-electron chi connectivity index (χ2n) is 6.75. The van der Waals surface area contributed by atoms with Crippen LogP contribution in [-0.4, -0.2) is 80.1 Å². The molecule has 0 radical (unpaired) electrons. The predicted molar refractivity (Wildman–Crippen MR) is 92.2 cm³/mol. The monoisotopic (exact) mass is 337 g/mol. The highest BCUT2D eigenvalue weighted by Crippen LogP contribution is 2.13. The highest BCUT2D eigenvalue weighted by atomic mass is 19.1. The topological polar surface area (TPSA) is 36.0 Å². The van der Waals surface area contributed by atoms with Crippen molar-refractivity contribution in [3.8, 4) is 0 Å². The van der Waals surface area contributed by atoms with Crippen molar-refractivity contribution in [1.82, 2.24) is 14.7 Å². The van der Waals surface area contributed by atoms with E-state index in [0.29, 0.717) is 13.2 Å². The Bertz CT molecular complexity index is 553. The Kier molecular flexibility index (Phi) is 6.71. The van der Waals surface area contributed by atoms with Crippen molar-refractivity contribution in [3.63, 3.8) is 0 Å². The quantitative estimate of drug-likeness (QED) is 0.787. The Labute approximate surface area is 144 Å². The molecule has 1 fully saturated rings. The van der Waals surface area contributed by atoms with Crippen molar-refractivity contribution >= 4 is 5.91 Å². The number of benzene rings is 1. The fourth-order valence-electron chi connectivity index (χ4n) is 3.07. The zero-order valence-corrected chi connectivity index (χ0v) is 15.0. The Morgan fingerprint density at radius 2 is 2.17 bits per heavy atom. The molecular formula is C18H28FN3O2. The standard InChI is InChI=1S/C18H28FN3O2/c1-14(22-8-9-24-17(13-22)12-20(2)3)18(23)21(4)11-15-6-5-7-16(19)10-15/h5-7,10,14,17H,8-9,11-13H2,1-4H3. The third-order valence-corrected chi connectivity index (χ3v) is 4.33. The summed E-state index contributed by atoms with van der Waals surface area (Å²) in [6.07, 6.45) is 0.123. The molecule has 1 saturated heterocycles. The van der Waals surface area contributed by atoms with Gasteiger partial charge in [0.15, 0.2) is 0 Å². The van der Waals surface area contributed by atoms with Crippen LogP contribution in [0.2, 0.25) is 0 Å². The Balaban J connectivity index is 1.92. The third kappa shape index (κ3) is 5.26. The van der Waals surface area contributed by atoms with Crippen LogP contribution in [0.25, 0.3) is 0 Å². The van der Waals surface area contributed by atoms with E-state index in [9.17, 15) is 9.18 Å². The maximum absolute atomic E-state index is 13.3. The number of morpholine rings is 1. The molecule has 1 amide bonds. The van der Waals surface area contributed by atoms with Crippen LogP contribution in [0, 0.1) is 5.82 Å². The molecule has 1 heterocycles. The number of ether oxygens (including phenoxy) is 1. The van der Waals surface area contributed by atoms with Crippen LogP contribution in [0.1, 0.15) is 12.5 Å². The van der Waals surface area contributed by atoms with E-state index in [1.54, 1.807) is 18.0 Å². The molecule has 0 saturated carbocycles. The summed E-state index contributed by atoms with van der Waals surface area (Å²) in [5.41, 5.74) is 0.797. The van der Waals surface area contributed by atoms with Crippen LogP contribution in [0.3, 0.4) is 0 Å². The minimum absolute atomic E-state index is 0.0461. The summed E-state index contributed by atoms with van der Waals surface area (Å²) in [6, 6.07) is 6.17. The van der Waals surface area contributed by atoms with Gasteiger partial charge in [0.1, 0.15) is 5.82 Å². The van der Waals surface area contributed by atoms with E-state index in [2.05, 4.69) is 9.80 Å². The highest BCUT2D eigenvalue weighted by Gasteiger charge is 2.29. The summed E-state index contributed by atoms with van der Waals surface area (Å²) < 4.78 is 19.1. The van der Waals surface area contributed by atoms with Gasteiger partial charge in [-0.05, 0) is 38.7 Å². The SMILES string of the molecule is CC(C(=O)N(C)Cc1cccc(F)c1)N1CCOC(CN(C)C)C1. The van der Waals surface area contributed by atoms with E-state index >= 15 is 0 Å². The van der Waals surface area contributed by atoms with E-state index in [1.807, 2.05) is 27.1 Å². The van der Waals surface area contributed by atoms with Crippen molar-refractivity contribution in [3.05, 3.63) is 35.6 Å². The van der Waals surface area contributed by atoms with Crippen molar-refractivity contribution in [2.24, 2.45) is 0 Å². The largest absolute Gasteiger partial charge is 0.374 e. The Morgan fingerprint density at radius 1 is 1.42 bits per heavy atom. The van der Waals surface area contributed by atoms with Crippen molar-refractivity contribution in [1.29, 1.82) is 0 Å². The molecule has 0 bridgehead atoms. The second kappa shape index (κ2) is 8.55. The molecule has 2 unspecified atom stereocenters. The molecule has 6 heteroatoms. The van der Waals surface area contributed by atoms with Crippen molar-refractivity contribution < 1.29 is 13.9 Å². The van der Waals surface area contributed by atoms with Gasteiger partial charge in [0, 0.05) is 33.2 Å². The summed E-state index contributed by atoms with van der Waals surface area (Å²) in [5.74, 6) is -0.231. The third-order valence-electron chi connectivity index (χ3n) is 4.33. The zero-order chi connectivity index (χ0) is 17.7. The van der Waals surface area contributed by atoms with Crippen LogP contribution >= 0.6 is 0 Å². The average molecular weight is 337 g/mol. The van der Waals surface area contributed by atoms with E-state index in [-0.39, 0.29) is 23.9 Å². The van der Waals surface area contributed by atoms with Gasteiger partial charge in [-0.15, -0.1) is 0 Å². The van der Waals surface area contributed by atoms with E-state index < -0.39 is 0 Å². The number of nitrogens with zero attached hydrogens (tertiary/aromatic N) is 3. The van der Waals surface area contributed by atoms with Gasteiger partial charge in [0.05, 0.1) is 18.8 Å². The van der Waals surface area contributed by atoms with Crippen LogP contribution < -0.4 is 0 Å². The molecule has 1 aliphatic heterocycles. The molecule has 24 heavy (non-hydrogen) atoms. The lowest BCUT2D eigenvalue weighted by Crippen LogP contribution is -2.54. The van der Waals surface area contributed by atoms with Gasteiger partial charge >= 0.3 is 0 Å². The fourth-order valence-corrected chi connectivity index (χ4v) is 3.07. The summed E-state index contributed by atoms with van der Waals surface area (Å²) in [4.78, 5) is 18.6. The summed E-state index contributed by atoms with van der Waals surface area (Å²) >= 11 is 0. The van der Waals surface area contributed by atoms with Crippen LogP contribution in [0.4, 0.5) is 4.39 Å². The molecule has 0 aromatic heterocycles. The molecule has 1 aromatic carbocycles. The normalized spacial score (nSPS) is 20.2. The molecular weight excluding hydrogens is 309 g/mol. The average Bonchev–Trinajstić information content (AvgIpc) is 2.53. The van der Waals surface area contributed by atoms with Gasteiger partial charge in [-0.3, -0.25) is 9.69 Å². The lowest BCUT2D eigenvalue weighted by Gasteiger charge is -2.38. The van der Waals surface area contributed by atoms with Crippen LogP contribution in [0.5, 0.6) is 0 Å². The van der Waals surface area contributed by atoms with Crippen LogP contribution in [-0.2, 0) is 16.1 Å². The summed E-state index contributed by atoms with van der Waals surface area (Å²) in [6.45, 7) is 5.33. The van der Waals surface area contributed by atoms with Gasteiger partial charge in [-0.2, -0.15) is 0 Å². The number of carbonyl (C=O) groups excluding carboxylic acids is 1. The molecule has 0 aliphatic carbocycles. The molecule has 2 rings (SSSR count). The number of halogens is 1. The van der Waals surface area contributed by atoms with Crippen LogP contribution in [0.15, 0.2) is 24.3 Å². The minimum Gasteiger partial charge on any atom is -0.374 e. The van der Waals surface area contributed by atoms with E-state index in [4.69, 9.17) is 4.74 Å². The lowest BCUT2D eigenvalue weighted by atomic mass is 10.1. The van der Waals surface area contributed by atoms with Gasteiger partial charge in [-0.25, -0.2) is 4.39 Å². The maximum atomic E-state index is 13.3. The van der Waals surface area contributed by atoms with Gasteiger partial charge in [0.2, 0.25) is 5.91 Å². The number of likely N-dealkylation sites (N-methyl/N-ethyl adjacent to an activating group) is 2. The first-order chi connectivity index (χ1) is 11.4.